The second kappa shape index (κ2) is 9.49. The van der Waals surface area contributed by atoms with Gasteiger partial charge in [0.15, 0.2) is 5.78 Å². The minimum Gasteiger partial charge on any atom is -0.289 e. The maximum Gasteiger partial charge on any atom is 0.185 e. The van der Waals surface area contributed by atoms with Crippen LogP contribution >= 0.6 is 0 Å². The molecule has 5 rings (SSSR count). The van der Waals surface area contributed by atoms with Crippen LogP contribution in [0.1, 0.15) is 28.4 Å². The Labute approximate surface area is 194 Å². The summed E-state index contributed by atoms with van der Waals surface area (Å²) in [6.45, 7) is 0. The Kier molecular flexibility index (Phi) is 5.94. The molecule has 3 nitrogen and oxygen atoms in total. The van der Waals surface area contributed by atoms with E-state index >= 15 is 0 Å². The van der Waals surface area contributed by atoms with Crippen LogP contribution in [0.5, 0.6) is 0 Å². The fourth-order valence-corrected chi connectivity index (χ4v) is 4.11. The van der Waals surface area contributed by atoms with Gasteiger partial charge in [-0.05, 0) is 41.0 Å². The van der Waals surface area contributed by atoms with Crippen molar-refractivity contribution in [2.75, 3.05) is 5.01 Å². The molecule has 3 heteroatoms. The van der Waals surface area contributed by atoms with Crippen molar-refractivity contribution >= 4 is 17.2 Å². The van der Waals surface area contributed by atoms with Crippen molar-refractivity contribution < 1.29 is 4.79 Å². The standard InChI is InChI=1S/C30H24N2O/c33-30(26-18-16-24(17-19-26)23-10-4-1-5-11-23)21-20-27-22-29(25-12-6-2-7-13-25)32(31-27)28-14-8-3-9-15-28/h1-21,29H,22H2/b21-20+. The Balaban J connectivity index is 1.35. The largest absolute Gasteiger partial charge is 0.289 e. The van der Waals surface area contributed by atoms with Gasteiger partial charge in [0, 0.05) is 12.0 Å². The van der Waals surface area contributed by atoms with Crippen LogP contribution < -0.4 is 5.01 Å². The first-order chi connectivity index (χ1) is 16.3. The van der Waals surface area contributed by atoms with E-state index < -0.39 is 0 Å². The van der Waals surface area contributed by atoms with Crippen molar-refractivity contribution in [2.45, 2.75) is 12.5 Å². The minimum atomic E-state index is -0.0215. The first-order valence-electron chi connectivity index (χ1n) is 11.1. The number of nitrogens with zero attached hydrogens (tertiary/aromatic N) is 2. The predicted octanol–water partition coefficient (Wildman–Crippen LogP) is 7.10. The van der Waals surface area contributed by atoms with Crippen LogP contribution in [0.2, 0.25) is 0 Å². The van der Waals surface area contributed by atoms with Gasteiger partial charge in [-0.15, -0.1) is 0 Å². The van der Waals surface area contributed by atoms with Crippen LogP contribution in [0.3, 0.4) is 0 Å². The Morgan fingerprint density at radius 3 is 1.97 bits per heavy atom. The Hall–Kier alpha value is -4.24. The summed E-state index contributed by atoms with van der Waals surface area (Å²) in [7, 11) is 0. The molecule has 0 amide bonds. The average Bonchev–Trinajstić information content (AvgIpc) is 3.33. The van der Waals surface area contributed by atoms with Crippen LogP contribution in [-0.4, -0.2) is 11.5 Å². The molecule has 33 heavy (non-hydrogen) atoms. The highest BCUT2D eigenvalue weighted by molar-refractivity contribution is 6.09. The number of anilines is 1. The van der Waals surface area contributed by atoms with E-state index in [0.29, 0.717) is 5.56 Å². The number of rotatable bonds is 6. The van der Waals surface area contributed by atoms with Crippen LogP contribution in [-0.2, 0) is 0 Å². The lowest BCUT2D eigenvalue weighted by Gasteiger charge is -2.23. The van der Waals surface area contributed by atoms with Gasteiger partial charge in [0.2, 0.25) is 0 Å². The van der Waals surface area contributed by atoms with Crippen molar-refractivity contribution in [3.63, 3.8) is 0 Å². The third-order valence-corrected chi connectivity index (χ3v) is 5.84. The third kappa shape index (κ3) is 4.68. The maximum absolute atomic E-state index is 12.8. The molecule has 4 aromatic carbocycles. The van der Waals surface area contributed by atoms with Crippen LogP contribution in [0.4, 0.5) is 5.69 Å². The van der Waals surface area contributed by atoms with E-state index in [0.717, 1.165) is 28.9 Å². The molecule has 0 spiro atoms. The highest BCUT2D eigenvalue weighted by Gasteiger charge is 2.28. The molecule has 1 heterocycles. The minimum absolute atomic E-state index is 0.0215. The smallest absolute Gasteiger partial charge is 0.185 e. The Bertz CT molecular complexity index is 1280. The molecule has 0 saturated heterocycles. The van der Waals surface area contributed by atoms with Gasteiger partial charge < -0.3 is 0 Å². The van der Waals surface area contributed by atoms with Crippen molar-refractivity contribution in [1.82, 2.24) is 0 Å². The van der Waals surface area contributed by atoms with Crippen molar-refractivity contribution in [1.29, 1.82) is 0 Å². The van der Waals surface area contributed by atoms with Gasteiger partial charge in [-0.2, -0.15) is 5.10 Å². The molecule has 4 aromatic rings. The fourth-order valence-electron chi connectivity index (χ4n) is 4.11. The molecule has 1 aliphatic heterocycles. The quantitative estimate of drug-likeness (QED) is 0.242. The number of para-hydroxylation sites is 1. The van der Waals surface area contributed by atoms with E-state index in [-0.39, 0.29) is 11.8 Å². The lowest BCUT2D eigenvalue weighted by molar-refractivity contribution is 0.104. The molecule has 0 bridgehead atoms. The van der Waals surface area contributed by atoms with Gasteiger partial charge in [0.25, 0.3) is 0 Å². The van der Waals surface area contributed by atoms with Crippen LogP contribution in [0.25, 0.3) is 11.1 Å². The van der Waals surface area contributed by atoms with Gasteiger partial charge >= 0.3 is 0 Å². The zero-order valence-corrected chi connectivity index (χ0v) is 18.2. The van der Waals surface area contributed by atoms with E-state index in [1.54, 1.807) is 6.08 Å². The Morgan fingerprint density at radius 2 is 1.30 bits per heavy atom. The summed E-state index contributed by atoms with van der Waals surface area (Å²) >= 11 is 0. The van der Waals surface area contributed by atoms with Crippen molar-refractivity contribution in [3.05, 3.63) is 139 Å². The Morgan fingerprint density at radius 1 is 0.727 bits per heavy atom. The highest BCUT2D eigenvalue weighted by atomic mass is 16.1. The zero-order chi connectivity index (χ0) is 22.5. The predicted molar refractivity (Wildman–Crippen MR) is 136 cm³/mol. The second-order valence-electron chi connectivity index (χ2n) is 8.04. The number of carbonyl (C=O) groups excluding carboxylic acids is 1. The van der Waals surface area contributed by atoms with Crippen LogP contribution in [0, 0.1) is 0 Å². The second-order valence-corrected chi connectivity index (χ2v) is 8.04. The van der Waals surface area contributed by atoms with Gasteiger partial charge in [0.05, 0.1) is 17.4 Å². The van der Waals surface area contributed by atoms with E-state index in [1.807, 2.05) is 77.8 Å². The van der Waals surface area contributed by atoms with Crippen molar-refractivity contribution in [3.8, 4) is 11.1 Å². The highest BCUT2D eigenvalue weighted by Crippen LogP contribution is 2.35. The number of hydrazone groups is 1. The molecule has 0 saturated carbocycles. The van der Waals surface area contributed by atoms with Gasteiger partial charge in [0.1, 0.15) is 0 Å². The van der Waals surface area contributed by atoms with E-state index in [2.05, 4.69) is 48.5 Å². The molecule has 0 aromatic heterocycles. The summed E-state index contributed by atoms with van der Waals surface area (Å²) in [5.74, 6) is -0.0215. The SMILES string of the molecule is O=C(/C=C/C1=NN(c2ccccc2)C(c2ccccc2)C1)c1ccc(-c2ccccc2)cc1. The zero-order valence-electron chi connectivity index (χ0n) is 18.2. The van der Waals surface area contributed by atoms with Gasteiger partial charge in [-0.1, -0.05) is 103 Å². The normalized spacial score (nSPS) is 15.6. The molecule has 1 unspecified atom stereocenters. The van der Waals surface area contributed by atoms with Gasteiger partial charge in [-0.3, -0.25) is 9.80 Å². The molecule has 160 valence electrons. The lowest BCUT2D eigenvalue weighted by Crippen LogP contribution is -2.18. The van der Waals surface area contributed by atoms with E-state index in [4.69, 9.17) is 5.10 Å². The fraction of sp³-hybridized carbons (Fsp3) is 0.0667. The first-order valence-corrected chi connectivity index (χ1v) is 11.1. The molecule has 0 N–H and O–H groups in total. The molecular formula is C30H24N2O. The van der Waals surface area contributed by atoms with E-state index in [1.165, 1.54) is 5.56 Å². The molecular weight excluding hydrogens is 404 g/mol. The number of hydrogen-bond acceptors (Lipinski definition) is 3. The number of ketones is 1. The molecule has 0 fully saturated rings. The first kappa shape index (κ1) is 20.7. The summed E-state index contributed by atoms with van der Waals surface area (Å²) in [6, 6.07) is 38.6. The summed E-state index contributed by atoms with van der Waals surface area (Å²) in [6.07, 6.45) is 4.23. The topological polar surface area (TPSA) is 32.7 Å². The average molecular weight is 429 g/mol. The molecule has 1 aliphatic rings. The summed E-state index contributed by atoms with van der Waals surface area (Å²) < 4.78 is 0. The number of hydrogen-bond donors (Lipinski definition) is 0. The van der Waals surface area contributed by atoms with Crippen molar-refractivity contribution in [2.24, 2.45) is 5.10 Å². The van der Waals surface area contributed by atoms with Gasteiger partial charge in [-0.25, -0.2) is 0 Å². The maximum atomic E-state index is 12.8. The lowest BCUT2D eigenvalue weighted by atomic mass is 10.00. The summed E-state index contributed by atoms with van der Waals surface area (Å²) in [4.78, 5) is 12.8. The van der Waals surface area contributed by atoms with Crippen LogP contribution in [0.15, 0.2) is 133 Å². The summed E-state index contributed by atoms with van der Waals surface area (Å²) in [5.41, 5.74) is 6.04. The molecule has 1 atom stereocenters. The number of carbonyl (C=O) groups is 1. The molecule has 0 aliphatic carbocycles. The number of allylic oxidation sites excluding steroid dienone is 2. The summed E-state index contributed by atoms with van der Waals surface area (Å²) in [5, 5.41) is 6.90. The number of benzene rings is 4. The molecule has 0 radical (unpaired) electrons. The monoisotopic (exact) mass is 428 g/mol. The third-order valence-electron chi connectivity index (χ3n) is 5.84. The van der Waals surface area contributed by atoms with E-state index in [9.17, 15) is 4.79 Å².